The van der Waals surface area contributed by atoms with Gasteiger partial charge in [-0.05, 0) is 5.56 Å². The molecule has 0 fully saturated rings. The highest BCUT2D eigenvalue weighted by atomic mass is 32.1. The van der Waals surface area contributed by atoms with Gasteiger partial charge in [-0.1, -0.05) is 41.7 Å². The third-order valence-corrected chi connectivity index (χ3v) is 4.51. The minimum absolute atomic E-state index is 0.0542. The van der Waals surface area contributed by atoms with Crippen LogP contribution in [-0.2, 0) is 13.0 Å². The first-order valence-electron chi connectivity index (χ1n) is 7.16. The molecule has 1 aromatic carbocycles. The van der Waals surface area contributed by atoms with E-state index in [9.17, 15) is 15.0 Å². The van der Waals surface area contributed by atoms with Gasteiger partial charge in [0, 0.05) is 11.8 Å². The van der Waals surface area contributed by atoms with E-state index >= 15 is 0 Å². The van der Waals surface area contributed by atoms with Gasteiger partial charge >= 0.3 is 10.5 Å². The maximum Gasteiger partial charge on any atom is 0.348 e. The van der Waals surface area contributed by atoms with E-state index in [4.69, 9.17) is 5.11 Å². The van der Waals surface area contributed by atoms with Crippen molar-refractivity contribution < 1.29 is 19.9 Å². The molecular weight excluding hydrogens is 316 g/mol. The summed E-state index contributed by atoms with van der Waals surface area (Å²) in [5.74, 6) is -0.422. The van der Waals surface area contributed by atoms with E-state index in [1.807, 2.05) is 30.3 Å². The lowest BCUT2D eigenvalue weighted by molar-refractivity contribution is -0.720. The number of thiazole rings is 1. The number of nitrogens with zero attached hydrogens (tertiary/aromatic N) is 2. The van der Waals surface area contributed by atoms with Crippen LogP contribution in [0.3, 0.4) is 0 Å². The van der Waals surface area contributed by atoms with Gasteiger partial charge in [0.1, 0.15) is 18.8 Å². The largest absolute Gasteiger partial charge is 0.842 e. The van der Waals surface area contributed by atoms with Gasteiger partial charge in [0.25, 0.3) is 0 Å². The average Bonchev–Trinajstić information content (AvgIpc) is 3.06. The van der Waals surface area contributed by atoms with Crippen LogP contribution in [0.1, 0.15) is 11.1 Å². The molecule has 6 nitrogen and oxygen atoms in total. The van der Waals surface area contributed by atoms with E-state index in [1.165, 1.54) is 20.3 Å². The number of hydrogen-bond donors (Lipinski definition) is 2. The summed E-state index contributed by atoms with van der Waals surface area (Å²) in [6.45, 7) is -0.501. The molecule has 0 aliphatic heterocycles. The predicted molar refractivity (Wildman–Crippen MR) is 83.5 cm³/mol. The van der Waals surface area contributed by atoms with Crippen LogP contribution < -0.4 is 15.2 Å². The van der Waals surface area contributed by atoms with Crippen LogP contribution in [0.5, 0.6) is 5.88 Å². The van der Waals surface area contributed by atoms with Crippen molar-refractivity contribution in [2.45, 2.75) is 19.1 Å². The summed E-state index contributed by atoms with van der Waals surface area (Å²) >= 11 is 1.24. The highest BCUT2D eigenvalue weighted by molar-refractivity contribution is 7.14. The molecule has 3 rings (SSSR count). The van der Waals surface area contributed by atoms with Crippen molar-refractivity contribution >= 4 is 16.3 Å². The van der Waals surface area contributed by atoms with Crippen LogP contribution in [0.25, 0.3) is 4.96 Å². The van der Waals surface area contributed by atoms with Crippen molar-refractivity contribution in [2.24, 2.45) is 0 Å². The highest BCUT2D eigenvalue weighted by Crippen LogP contribution is 2.15. The minimum atomic E-state index is -1.05. The van der Waals surface area contributed by atoms with Crippen LogP contribution in [0.4, 0.5) is 0 Å². The van der Waals surface area contributed by atoms with Gasteiger partial charge in [0.2, 0.25) is 0 Å². The fourth-order valence-corrected chi connectivity index (χ4v) is 3.33. The third-order valence-electron chi connectivity index (χ3n) is 3.63. The molecule has 0 bridgehead atoms. The van der Waals surface area contributed by atoms with E-state index in [0.717, 1.165) is 5.56 Å². The summed E-state index contributed by atoms with van der Waals surface area (Å²) in [4.78, 5) is 13.0. The second-order valence-electron chi connectivity index (χ2n) is 5.25. The van der Waals surface area contributed by atoms with Crippen molar-refractivity contribution in [3.8, 4) is 5.88 Å². The number of aliphatic hydroxyl groups is 2. The summed E-state index contributed by atoms with van der Waals surface area (Å²) in [5, 5.41) is 33.2. The smallest absolute Gasteiger partial charge is 0.348 e. The van der Waals surface area contributed by atoms with E-state index in [2.05, 4.69) is 0 Å². The summed E-state index contributed by atoms with van der Waals surface area (Å²) in [6, 6.07) is 9.28. The van der Waals surface area contributed by atoms with Crippen LogP contribution in [0.15, 0.2) is 46.7 Å². The van der Waals surface area contributed by atoms with E-state index in [-0.39, 0.29) is 24.1 Å². The van der Waals surface area contributed by atoms with Crippen molar-refractivity contribution in [1.29, 1.82) is 0 Å². The van der Waals surface area contributed by atoms with Crippen LogP contribution in [0.2, 0.25) is 0 Å². The second kappa shape index (κ2) is 6.49. The Morgan fingerprint density at radius 1 is 1.30 bits per heavy atom. The zero-order valence-electron chi connectivity index (χ0n) is 12.3. The number of aliphatic hydroxyl groups excluding tert-OH is 2. The molecule has 120 valence electrons. The zero-order chi connectivity index (χ0) is 16.4. The van der Waals surface area contributed by atoms with E-state index < -0.39 is 18.6 Å². The van der Waals surface area contributed by atoms with Crippen molar-refractivity contribution in [1.82, 2.24) is 4.40 Å². The van der Waals surface area contributed by atoms with Gasteiger partial charge in [-0.3, -0.25) is 0 Å². The van der Waals surface area contributed by atoms with Gasteiger partial charge in [0.05, 0.1) is 18.1 Å². The molecule has 0 radical (unpaired) electrons. The molecule has 2 heterocycles. The Kier molecular flexibility index (Phi) is 4.42. The molecule has 0 saturated heterocycles. The van der Waals surface area contributed by atoms with Crippen molar-refractivity contribution in [3.05, 3.63) is 63.4 Å². The first kappa shape index (κ1) is 15.7. The fraction of sp³-hybridized carbons (Fsp3) is 0.250. The predicted octanol–water partition coefficient (Wildman–Crippen LogP) is -0.334. The first-order chi connectivity index (χ1) is 11.1. The lowest BCUT2D eigenvalue weighted by Crippen LogP contribution is -2.48. The summed E-state index contributed by atoms with van der Waals surface area (Å²) in [5.41, 5.74) is 0.674. The quantitative estimate of drug-likeness (QED) is 0.626. The average molecular weight is 332 g/mol. The molecule has 0 amide bonds. The topological polar surface area (TPSA) is 88.9 Å². The zero-order valence-corrected chi connectivity index (χ0v) is 13.1. The standard InChI is InChI=1S/C16H16N2O4S/c19-10-12(20)9-18-15(22)13(8-11-4-2-1-3-5-11)14(21)17-6-7-23-16(17)18/h1-7,12,19-20H,8-10H2. The molecule has 23 heavy (non-hydrogen) atoms. The lowest BCUT2D eigenvalue weighted by Gasteiger charge is -2.17. The Hall–Kier alpha value is -2.22. The number of fused-ring (bicyclic) bond motifs is 1. The van der Waals surface area contributed by atoms with E-state index in [0.29, 0.717) is 4.96 Å². The molecule has 0 aliphatic rings. The van der Waals surface area contributed by atoms with Gasteiger partial charge < -0.3 is 15.3 Å². The number of benzene rings is 1. The molecule has 2 aromatic heterocycles. The SMILES string of the molecule is O=c1c(Cc2ccccc2)c([O-])[n+](CC(O)CO)c2sccn12. The van der Waals surface area contributed by atoms with Crippen molar-refractivity contribution in [3.63, 3.8) is 0 Å². The monoisotopic (exact) mass is 332 g/mol. The van der Waals surface area contributed by atoms with Crippen molar-refractivity contribution in [2.75, 3.05) is 6.61 Å². The van der Waals surface area contributed by atoms with Gasteiger partial charge in [0.15, 0.2) is 0 Å². The molecule has 2 N–H and O–H groups in total. The number of rotatable bonds is 5. The normalized spacial score (nSPS) is 12.6. The molecule has 0 saturated carbocycles. The number of aromatic nitrogens is 2. The van der Waals surface area contributed by atoms with Crippen LogP contribution in [-0.4, -0.2) is 27.3 Å². The Morgan fingerprint density at radius 3 is 2.74 bits per heavy atom. The lowest BCUT2D eigenvalue weighted by atomic mass is 10.1. The van der Waals surface area contributed by atoms with Crippen LogP contribution in [0, 0.1) is 0 Å². The summed E-state index contributed by atoms with van der Waals surface area (Å²) in [7, 11) is 0. The summed E-state index contributed by atoms with van der Waals surface area (Å²) in [6.07, 6.45) is 0.783. The first-order valence-corrected chi connectivity index (χ1v) is 8.04. The fourth-order valence-electron chi connectivity index (χ4n) is 2.49. The molecule has 1 atom stereocenters. The highest BCUT2D eigenvalue weighted by Gasteiger charge is 2.21. The molecule has 1 unspecified atom stereocenters. The van der Waals surface area contributed by atoms with Gasteiger partial charge in [-0.25, -0.2) is 9.36 Å². The Bertz CT molecular complexity index is 873. The molecular formula is C16H16N2O4S. The summed E-state index contributed by atoms with van der Waals surface area (Å²) < 4.78 is 2.76. The van der Waals surface area contributed by atoms with Gasteiger partial charge in [-0.2, -0.15) is 4.40 Å². The Labute approximate surface area is 136 Å². The maximum atomic E-state index is 12.7. The molecule has 3 aromatic rings. The van der Waals surface area contributed by atoms with E-state index in [1.54, 1.807) is 11.6 Å². The molecule has 0 aliphatic carbocycles. The van der Waals surface area contributed by atoms with Crippen LogP contribution >= 0.6 is 11.3 Å². The number of hydrogen-bond acceptors (Lipinski definition) is 5. The third kappa shape index (κ3) is 2.98. The second-order valence-corrected chi connectivity index (χ2v) is 6.13. The van der Waals surface area contributed by atoms with Gasteiger partial charge in [-0.15, -0.1) is 0 Å². The Balaban J connectivity index is 2.15. The molecule has 0 spiro atoms. The minimum Gasteiger partial charge on any atom is -0.842 e. The Morgan fingerprint density at radius 2 is 2.04 bits per heavy atom. The maximum absolute atomic E-state index is 12.7. The molecule has 7 heteroatoms.